The van der Waals surface area contributed by atoms with E-state index in [0.717, 1.165) is 33.5 Å². The van der Waals surface area contributed by atoms with Crippen LogP contribution in [0.25, 0.3) is 11.8 Å². The van der Waals surface area contributed by atoms with Crippen molar-refractivity contribution in [2.75, 3.05) is 20.6 Å². The summed E-state index contributed by atoms with van der Waals surface area (Å²) in [6.07, 6.45) is 10.8. The lowest BCUT2D eigenvalue weighted by Crippen LogP contribution is -2.38. The van der Waals surface area contributed by atoms with Crippen molar-refractivity contribution in [2.45, 2.75) is 0 Å². The van der Waals surface area contributed by atoms with Gasteiger partial charge in [0.25, 0.3) is 5.09 Å². The van der Waals surface area contributed by atoms with Gasteiger partial charge < -0.3 is 29.1 Å². The van der Waals surface area contributed by atoms with Crippen molar-refractivity contribution in [2.24, 2.45) is 5.92 Å². The van der Waals surface area contributed by atoms with Gasteiger partial charge in [0, 0.05) is 30.0 Å². The molecule has 6 rings (SSSR count). The Hall–Kier alpha value is -3.88. The van der Waals surface area contributed by atoms with Crippen LogP contribution in [0.1, 0.15) is 0 Å². The van der Waals surface area contributed by atoms with Gasteiger partial charge in [-0.25, -0.2) is 0 Å². The van der Waals surface area contributed by atoms with Gasteiger partial charge in [0.1, 0.15) is 0 Å². The Morgan fingerprint density at radius 1 is 1.17 bits per heavy atom. The second kappa shape index (κ2) is 6.33. The van der Waals surface area contributed by atoms with Crippen LogP contribution >= 0.6 is 0 Å². The molecule has 2 aliphatic carbocycles. The molecular formula is C20H16N2O7. The minimum Gasteiger partial charge on any atom is -0.454 e. The Morgan fingerprint density at radius 3 is 2.76 bits per heavy atom. The minimum absolute atomic E-state index is 0.200. The topological polar surface area (TPSA) is 104 Å². The van der Waals surface area contributed by atoms with Crippen molar-refractivity contribution < 1.29 is 29.2 Å². The number of hydrogen-bond acceptors (Lipinski definition) is 7. The summed E-state index contributed by atoms with van der Waals surface area (Å²) in [4.78, 5) is 10.5. The van der Waals surface area contributed by atoms with Crippen LogP contribution in [-0.4, -0.2) is 35.8 Å². The fraction of sp³-hybridized carbons (Fsp3) is 0.200. The highest BCUT2D eigenvalue weighted by atomic mass is 16.9. The van der Waals surface area contributed by atoms with Crippen LogP contribution in [-0.2, 0) is 9.47 Å². The summed E-state index contributed by atoms with van der Waals surface area (Å²) in [6.45, 7) is 0.573. The molecule has 0 amide bonds. The van der Waals surface area contributed by atoms with Gasteiger partial charge in [-0.1, -0.05) is 12.2 Å². The van der Waals surface area contributed by atoms with Gasteiger partial charge in [0.2, 0.25) is 13.6 Å². The lowest BCUT2D eigenvalue weighted by atomic mass is 9.83. The molecule has 1 aromatic rings. The number of nitrogens with zero attached hydrogens (tertiary/aromatic N) is 2. The number of rotatable bonds is 0. The van der Waals surface area contributed by atoms with E-state index in [1.807, 2.05) is 6.07 Å². The monoisotopic (exact) mass is 396 g/mol. The maximum absolute atomic E-state index is 8.36. The Labute approximate surface area is 164 Å². The number of allylic oxidation sites excluding steroid dienone is 5. The van der Waals surface area contributed by atoms with Crippen molar-refractivity contribution in [1.29, 1.82) is 0 Å². The molecule has 0 saturated carbocycles. The third kappa shape index (κ3) is 2.70. The summed E-state index contributed by atoms with van der Waals surface area (Å²) in [7, 11) is 2.07. The zero-order chi connectivity index (χ0) is 20.1. The Kier molecular flexibility index (Phi) is 3.76. The van der Waals surface area contributed by atoms with Gasteiger partial charge in [-0.2, -0.15) is 0 Å². The molecule has 0 aromatic heterocycles. The molecule has 0 bridgehead atoms. The van der Waals surface area contributed by atoms with Gasteiger partial charge in [0.15, 0.2) is 23.0 Å². The van der Waals surface area contributed by atoms with Crippen LogP contribution in [0.4, 0.5) is 0 Å². The molecule has 1 aromatic carbocycles. The van der Waals surface area contributed by atoms with Crippen LogP contribution < -0.4 is 19.9 Å². The predicted octanol–water partition coefficient (Wildman–Crippen LogP) is 1.13. The normalized spacial score (nSPS) is 21.8. The largest absolute Gasteiger partial charge is 0.454 e. The third-order valence-corrected chi connectivity index (χ3v) is 5.19. The van der Waals surface area contributed by atoms with Crippen LogP contribution in [0.5, 0.6) is 11.5 Å². The van der Waals surface area contributed by atoms with E-state index in [1.165, 1.54) is 16.8 Å². The molecule has 9 heteroatoms. The fourth-order valence-corrected chi connectivity index (χ4v) is 4.08. The molecule has 9 nitrogen and oxygen atoms in total. The van der Waals surface area contributed by atoms with Crippen LogP contribution in [0.15, 0.2) is 59.2 Å². The van der Waals surface area contributed by atoms with E-state index < -0.39 is 5.09 Å². The van der Waals surface area contributed by atoms with Gasteiger partial charge in [-0.15, -0.1) is 10.1 Å². The molecule has 1 N–H and O–H groups in total. The quantitative estimate of drug-likeness (QED) is 0.514. The maximum Gasteiger partial charge on any atom is 0.291 e. The highest BCUT2D eigenvalue weighted by Crippen LogP contribution is 2.40. The summed E-state index contributed by atoms with van der Waals surface area (Å²) >= 11 is 0. The first-order valence-electron chi connectivity index (χ1n) is 8.86. The predicted molar refractivity (Wildman–Crippen MR) is 99.1 cm³/mol. The van der Waals surface area contributed by atoms with Gasteiger partial charge in [-0.05, 0) is 35.1 Å². The van der Waals surface area contributed by atoms with Crippen LogP contribution in [0.2, 0.25) is 0 Å². The van der Waals surface area contributed by atoms with E-state index in [9.17, 15) is 0 Å². The van der Waals surface area contributed by atoms with Gasteiger partial charge in [0.05, 0.1) is 5.70 Å². The Bertz CT molecular complexity index is 1170. The number of hydrogen-bond donors (Lipinski definition) is 1. The summed E-state index contributed by atoms with van der Waals surface area (Å²) in [5.41, 5.74) is 3.61. The third-order valence-electron chi connectivity index (χ3n) is 5.19. The van der Waals surface area contributed by atoms with E-state index in [4.69, 9.17) is 34.3 Å². The number of fused-ring (bicyclic) bond motifs is 6. The van der Waals surface area contributed by atoms with Crippen molar-refractivity contribution >= 4 is 11.8 Å². The van der Waals surface area contributed by atoms with Crippen LogP contribution in [0.3, 0.4) is 0 Å². The second-order valence-electron chi connectivity index (χ2n) is 6.79. The van der Waals surface area contributed by atoms with Crippen molar-refractivity contribution in [3.05, 3.63) is 79.8 Å². The van der Waals surface area contributed by atoms with Gasteiger partial charge >= 0.3 is 0 Å². The summed E-state index contributed by atoms with van der Waals surface area (Å²) < 4.78 is 22.3. The Morgan fingerprint density at radius 2 is 1.93 bits per heavy atom. The lowest BCUT2D eigenvalue weighted by Gasteiger charge is -2.32. The first-order valence-corrected chi connectivity index (χ1v) is 8.86. The Balaban J connectivity index is 0.000000419. The smallest absolute Gasteiger partial charge is 0.291 e. The zero-order valence-electron chi connectivity index (χ0n) is 15.3. The van der Waals surface area contributed by atoms with E-state index in [1.54, 1.807) is 0 Å². The summed E-state index contributed by atoms with van der Waals surface area (Å²) in [5, 5.41) is 15.9. The van der Waals surface area contributed by atoms with E-state index >= 15 is 0 Å². The van der Waals surface area contributed by atoms with Crippen molar-refractivity contribution in [1.82, 2.24) is 4.90 Å². The van der Waals surface area contributed by atoms with E-state index in [-0.39, 0.29) is 12.7 Å². The first kappa shape index (κ1) is 17.2. The van der Waals surface area contributed by atoms with Gasteiger partial charge in [-0.3, -0.25) is 0 Å². The highest BCUT2D eigenvalue weighted by molar-refractivity contribution is 5.81. The van der Waals surface area contributed by atoms with Crippen molar-refractivity contribution in [3.63, 3.8) is 0 Å². The zero-order valence-corrected chi connectivity index (χ0v) is 15.3. The number of ether oxygens (including phenoxy) is 4. The van der Waals surface area contributed by atoms with Crippen molar-refractivity contribution in [3.8, 4) is 11.5 Å². The molecule has 1 fully saturated rings. The fourth-order valence-electron chi connectivity index (χ4n) is 4.08. The number of benzene rings is 1. The van der Waals surface area contributed by atoms with E-state index in [2.05, 4.69) is 48.5 Å². The molecule has 0 spiro atoms. The highest BCUT2D eigenvalue weighted by Gasteiger charge is 2.32. The molecule has 1 atom stereocenters. The maximum atomic E-state index is 8.36. The first-order chi connectivity index (χ1) is 14.0. The standard InChI is InChI=1S/C20H15NO4.HNO3/c1-21-8-15-12(4-5-16-20(15)25-10-22-16)13-3-2-11-6-17-18(24-9-23-17)7-14(11)19(13)21;2-1(3)4/h2-8,11H,9-10H2,1H3;(H,2,3,4). The molecule has 3 aliphatic heterocycles. The molecule has 148 valence electrons. The SMILES string of the molecule is CN1C=c2c3c(ccc2=C2C=CC4C=C5OCOC5=CC4=C21)OCO3.O=[N+]([O-])O. The minimum atomic E-state index is -1.50. The molecule has 1 unspecified atom stereocenters. The average molecular weight is 396 g/mol. The summed E-state index contributed by atoms with van der Waals surface area (Å²) in [6, 6.07) is 4.10. The van der Waals surface area contributed by atoms with E-state index in [0.29, 0.717) is 6.79 Å². The lowest BCUT2D eigenvalue weighted by molar-refractivity contribution is -0.742. The molecule has 0 radical (unpaired) electrons. The van der Waals surface area contributed by atoms with Crippen LogP contribution in [0, 0.1) is 16.0 Å². The average Bonchev–Trinajstić information content (AvgIpc) is 3.34. The molecule has 5 aliphatic rings. The molecule has 3 heterocycles. The second-order valence-corrected chi connectivity index (χ2v) is 6.79. The molecular weight excluding hydrogens is 380 g/mol. The molecule has 29 heavy (non-hydrogen) atoms. The summed E-state index contributed by atoms with van der Waals surface area (Å²) in [5.74, 6) is 3.49. The molecule has 1 saturated heterocycles.